The Morgan fingerprint density at radius 1 is 1.69 bits per heavy atom. The monoisotopic (exact) mass is 200 g/mol. The highest BCUT2D eigenvalue weighted by molar-refractivity contribution is 7.98. The van der Waals surface area contributed by atoms with Crippen molar-refractivity contribution >= 4 is 11.8 Å². The highest BCUT2D eigenvalue weighted by Gasteiger charge is 2.05. The summed E-state index contributed by atoms with van der Waals surface area (Å²) in [7, 11) is 0. The number of hydrogen-bond donors (Lipinski definition) is 1. The minimum atomic E-state index is -0.207. The van der Waals surface area contributed by atoms with Crippen molar-refractivity contribution < 1.29 is 5.11 Å². The Bertz CT molecular complexity index is 348. The van der Waals surface area contributed by atoms with Crippen molar-refractivity contribution in [1.29, 1.82) is 0 Å². The average Bonchev–Trinajstić information content (AvgIpc) is 2.09. The van der Waals surface area contributed by atoms with Crippen molar-refractivity contribution in [2.45, 2.75) is 25.0 Å². The van der Waals surface area contributed by atoms with Gasteiger partial charge in [0.15, 0.2) is 5.16 Å². The van der Waals surface area contributed by atoms with Crippen LogP contribution in [-0.4, -0.2) is 20.9 Å². The van der Waals surface area contributed by atoms with Crippen molar-refractivity contribution in [3.8, 4) is 5.88 Å². The van der Waals surface area contributed by atoms with Gasteiger partial charge < -0.3 is 5.11 Å². The summed E-state index contributed by atoms with van der Waals surface area (Å²) < 4.78 is 1.56. The quantitative estimate of drug-likeness (QED) is 0.586. The van der Waals surface area contributed by atoms with Crippen molar-refractivity contribution in [3.05, 3.63) is 16.4 Å². The normalized spacial score (nSPS) is 10.3. The fraction of sp³-hybridized carbons (Fsp3) is 0.500. The molecule has 13 heavy (non-hydrogen) atoms. The van der Waals surface area contributed by atoms with E-state index in [0.717, 1.165) is 12.5 Å². The first-order valence-electron chi connectivity index (χ1n) is 4.04. The summed E-state index contributed by atoms with van der Waals surface area (Å²) in [5, 5.41) is 9.64. The van der Waals surface area contributed by atoms with Crippen LogP contribution in [0.2, 0.25) is 0 Å². The molecular formula is C8H12N2O2S. The second-order valence-corrected chi connectivity index (χ2v) is 3.36. The standard InChI is InChI=1S/C8H12N2O2S/c1-3-4-10-7(12)5-6(11)9-8(10)13-2/h5,11H,3-4H2,1-2H3. The molecule has 1 aromatic heterocycles. The van der Waals surface area contributed by atoms with E-state index in [2.05, 4.69) is 4.98 Å². The molecule has 1 aromatic rings. The zero-order valence-electron chi connectivity index (χ0n) is 7.65. The van der Waals surface area contributed by atoms with Crippen LogP contribution in [0.4, 0.5) is 0 Å². The summed E-state index contributed by atoms with van der Waals surface area (Å²) >= 11 is 1.36. The molecular weight excluding hydrogens is 188 g/mol. The van der Waals surface area contributed by atoms with Crippen LogP contribution in [0.3, 0.4) is 0 Å². The number of aromatic nitrogens is 2. The molecule has 0 unspecified atom stereocenters. The molecule has 0 radical (unpaired) electrons. The molecule has 0 amide bonds. The molecule has 0 saturated heterocycles. The number of aromatic hydroxyl groups is 1. The van der Waals surface area contributed by atoms with Crippen molar-refractivity contribution in [1.82, 2.24) is 9.55 Å². The third-order valence-electron chi connectivity index (χ3n) is 1.59. The van der Waals surface area contributed by atoms with Crippen molar-refractivity contribution in [2.75, 3.05) is 6.26 Å². The van der Waals surface area contributed by atoms with Crippen LogP contribution in [0.15, 0.2) is 16.0 Å². The van der Waals surface area contributed by atoms with E-state index in [1.807, 2.05) is 13.2 Å². The zero-order chi connectivity index (χ0) is 9.84. The number of hydrogen-bond acceptors (Lipinski definition) is 4. The third kappa shape index (κ3) is 2.24. The van der Waals surface area contributed by atoms with Gasteiger partial charge in [-0.25, -0.2) is 0 Å². The fourth-order valence-electron chi connectivity index (χ4n) is 1.06. The lowest BCUT2D eigenvalue weighted by atomic mass is 10.4. The SMILES string of the molecule is CCCn1c(SC)nc(O)cc1=O. The third-order valence-corrected chi connectivity index (χ3v) is 2.27. The minimum absolute atomic E-state index is 0.196. The van der Waals surface area contributed by atoms with Gasteiger partial charge in [0.05, 0.1) is 6.07 Å². The van der Waals surface area contributed by atoms with E-state index in [1.54, 1.807) is 4.57 Å². The Morgan fingerprint density at radius 2 is 2.38 bits per heavy atom. The lowest BCUT2D eigenvalue weighted by Crippen LogP contribution is -2.21. The number of rotatable bonds is 3. The predicted molar refractivity (Wildman–Crippen MR) is 52.2 cm³/mol. The van der Waals surface area contributed by atoms with E-state index in [9.17, 15) is 4.79 Å². The van der Waals surface area contributed by atoms with Gasteiger partial charge >= 0.3 is 0 Å². The van der Waals surface area contributed by atoms with E-state index in [0.29, 0.717) is 11.7 Å². The first-order chi connectivity index (χ1) is 6.19. The molecule has 4 nitrogen and oxygen atoms in total. The van der Waals surface area contributed by atoms with Crippen LogP contribution in [-0.2, 0) is 6.54 Å². The van der Waals surface area contributed by atoms with Gasteiger partial charge in [-0.05, 0) is 12.7 Å². The maximum atomic E-state index is 11.4. The predicted octanol–water partition coefficient (Wildman–Crippen LogP) is 1.08. The van der Waals surface area contributed by atoms with Crippen LogP contribution in [0, 0.1) is 0 Å². The van der Waals surface area contributed by atoms with Gasteiger partial charge in [0.25, 0.3) is 5.56 Å². The highest BCUT2D eigenvalue weighted by atomic mass is 32.2. The maximum absolute atomic E-state index is 11.4. The van der Waals surface area contributed by atoms with Crippen molar-refractivity contribution in [3.63, 3.8) is 0 Å². The largest absolute Gasteiger partial charge is 0.493 e. The first-order valence-corrected chi connectivity index (χ1v) is 5.26. The number of nitrogens with zero attached hydrogens (tertiary/aromatic N) is 2. The molecule has 72 valence electrons. The van der Waals surface area contributed by atoms with E-state index < -0.39 is 0 Å². The molecule has 1 N–H and O–H groups in total. The summed E-state index contributed by atoms with van der Waals surface area (Å²) in [4.78, 5) is 15.2. The van der Waals surface area contributed by atoms with Gasteiger partial charge in [-0.2, -0.15) is 4.98 Å². The Kier molecular flexibility index (Phi) is 3.36. The van der Waals surface area contributed by atoms with Gasteiger partial charge in [-0.1, -0.05) is 18.7 Å². The lowest BCUT2D eigenvalue weighted by molar-refractivity contribution is 0.431. The van der Waals surface area contributed by atoms with Crippen LogP contribution < -0.4 is 5.56 Å². The molecule has 5 heteroatoms. The Hall–Kier alpha value is -0.970. The second-order valence-electron chi connectivity index (χ2n) is 2.59. The Balaban J connectivity index is 3.22. The molecule has 0 bridgehead atoms. The molecule has 0 aliphatic carbocycles. The average molecular weight is 200 g/mol. The summed E-state index contributed by atoms with van der Waals surface area (Å²) in [6, 6.07) is 1.13. The van der Waals surface area contributed by atoms with E-state index in [4.69, 9.17) is 5.11 Å². The highest BCUT2D eigenvalue weighted by Crippen LogP contribution is 2.12. The fourth-order valence-corrected chi connectivity index (χ4v) is 1.64. The summed E-state index contributed by atoms with van der Waals surface area (Å²) in [6.07, 6.45) is 2.70. The second kappa shape index (κ2) is 4.32. The molecule has 1 rings (SSSR count). The summed E-state index contributed by atoms with van der Waals surface area (Å²) in [5.41, 5.74) is -0.196. The van der Waals surface area contributed by atoms with Crippen LogP contribution in [0.5, 0.6) is 5.88 Å². The van der Waals surface area contributed by atoms with E-state index in [-0.39, 0.29) is 11.4 Å². The molecule has 0 saturated carbocycles. The molecule has 1 heterocycles. The minimum Gasteiger partial charge on any atom is -0.493 e. The molecule has 0 aliphatic rings. The van der Waals surface area contributed by atoms with Gasteiger partial charge in [0.2, 0.25) is 5.88 Å². The topological polar surface area (TPSA) is 55.1 Å². The molecule has 0 aliphatic heterocycles. The molecule has 0 fully saturated rings. The van der Waals surface area contributed by atoms with Crippen LogP contribution in [0.25, 0.3) is 0 Å². The van der Waals surface area contributed by atoms with E-state index in [1.165, 1.54) is 11.8 Å². The maximum Gasteiger partial charge on any atom is 0.257 e. The zero-order valence-corrected chi connectivity index (χ0v) is 8.47. The van der Waals surface area contributed by atoms with Gasteiger partial charge in [0, 0.05) is 6.54 Å². The van der Waals surface area contributed by atoms with Gasteiger partial charge in [0.1, 0.15) is 0 Å². The lowest BCUT2D eigenvalue weighted by Gasteiger charge is -2.07. The first kappa shape index (κ1) is 10.1. The van der Waals surface area contributed by atoms with Gasteiger partial charge in [-0.15, -0.1) is 0 Å². The smallest absolute Gasteiger partial charge is 0.257 e. The Morgan fingerprint density at radius 3 is 2.92 bits per heavy atom. The Labute approximate surface area is 80.6 Å². The summed E-state index contributed by atoms with van der Waals surface area (Å²) in [5.74, 6) is -0.207. The van der Waals surface area contributed by atoms with Crippen LogP contribution in [0.1, 0.15) is 13.3 Å². The van der Waals surface area contributed by atoms with Crippen LogP contribution >= 0.6 is 11.8 Å². The summed E-state index contributed by atoms with van der Waals surface area (Å²) in [6.45, 7) is 2.63. The molecule has 0 aromatic carbocycles. The molecule has 0 spiro atoms. The van der Waals surface area contributed by atoms with Crippen molar-refractivity contribution in [2.24, 2.45) is 0 Å². The number of thioether (sulfide) groups is 1. The van der Waals surface area contributed by atoms with E-state index >= 15 is 0 Å². The van der Waals surface area contributed by atoms with Gasteiger partial charge in [-0.3, -0.25) is 9.36 Å². The molecule has 0 atom stereocenters.